The number of rotatable bonds is 25. The summed E-state index contributed by atoms with van der Waals surface area (Å²) >= 11 is 0. The molecule has 0 spiro atoms. The fraction of sp³-hybridized carbons (Fsp3) is 0.600. The van der Waals surface area contributed by atoms with Gasteiger partial charge >= 0.3 is 0 Å². The van der Waals surface area contributed by atoms with Crippen LogP contribution in [0, 0.1) is 0 Å². The number of aryl methyl sites for hydroxylation is 2. The maximum atomic E-state index is 5.77. The number of methoxy groups -OCH3 is 1. The maximum Gasteiger partial charge on any atom is 0.0701 e. The molecule has 0 saturated heterocycles. The summed E-state index contributed by atoms with van der Waals surface area (Å²) in [6, 6.07) is 17.7. The molecule has 0 saturated carbocycles. The van der Waals surface area contributed by atoms with Crippen molar-refractivity contribution in [2.45, 2.75) is 25.7 Å². The number of hydrogen-bond acceptors (Lipinski definition) is 8. The van der Waals surface area contributed by atoms with Crippen molar-refractivity contribution < 1.29 is 33.2 Å². The second-order valence-electron chi connectivity index (χ2n) is 10.5. The summed E-state index contributed by atoms with van der Waals surface area (Å²) in [5.74, 6) is 0. The van der Waals surface area contributed by atoms with E-state index in [1.807, 2.05) is 0 Å². The smallest absolute Gasteiger partial charge is 0.0701 e. The minimum atomic E-state index is 0.546. The Balaban J connectivity index is 1.12. The number of hydrogen-bond donors (Lipinski definition) is 0. The zero-order valence-electron chi connectivity index (χ0n) is 26.4. The molecule has 0 fully saturated rings. The molecule has 0 heterocycles. The van der Waals surface area contributed by atoms with Gasteiger partial charge in [-0.05, 0) is 60.6 Å². The highest BCUT2D eigenvalue weighted by atomic mass is 16.6. The van der Waals surface area contributed by atoms with Crippen LogP contribution in [0.2, 0.25) is 0 Å². The van der Waals surface area contributed by atoms with Crippen LogP contribution >= 0.6 is 0 Å². The van der Waals surface area contributed by atoms with Crippen LogP contribution in [-0.2, 0) is 46.0 Å². The first-order valence-electron chi connectivity index (χ1n) is 15.8. The number of fused-ring (bicyclic) bond motifs is 2. The monoisotopic (exact) mass is 599 g/mol. The van der Waals surface area contributed by atoms with Crippen LogP contribution in [0.5, 0.6) is 0 Å². The standard InChI is InChI=1S/C35H53NO7/c1-36(16-7-13-35-33-11-5-3-9-31(33)14-15-32-10-4-6-12-34(32)35)17-20-39-22-24-41-26-28-43-30-29-42-27-25-40-23-21-38-19-8-18-37-2/h3-6,9-13H,7-8,14-30H2,1-2H3. The molecule has 0 unspecified atom stereocenters. The van der Waals surface area contributed by atoms with Crippen LogP contribution in [0.3, 0.4) is 0 Å². The van der Waals surface area contributed by atoms with Crippen molar-refractivity contribution >= 4 is 5.57 Å². The van der Waals surface area contributed by atoms with Crippen molar-refractivity contribution in [3.8, 4) is 0 Å². The van der Waals surface area contributed by atoms with E-state index in [0.717, 1.165) is 45.4 Å². The van der Waals surface area contributed by atoms with Crippen molar-refractivity contribution in [3.05, 3.63) is 76.9 Å². The molecule has 0 atom stereocenters. The van der Waals surface area contributed by atoms with Crippen LogP contribution in [0.4, 0.5) is 0 Å². The number of likely N-dealkylation sites (N-methyl/N-ethyl adjacent to an activating group) is 1. The van der Waals surface area contributed by atoms with E-state index in [1.165, 1.54) is 27.8 Å². The van der Waals surface area contributed by atoms with Crippen molar-refractivity contribution in [2.75, 3.05) is 113 Å². The summed E-state index contributed by atoms with van der Waals surface area (Å²) < 4.78 is 38.3. The van der Waals surface area contributed by atoms with Gasteiger partial charge < -0.3 is 38.1 Å². The molecule has 0 aromatic heterocycles. The second kappa shape index (κ2) is 23.3. The lowest BCUT2D eigenvalue weighted by Gasteiger charge is -2.17. The molecule has 1 aliphatic carbocycles. The van der Waals surface area contributed by atoms with E-state index in [9.17, 15) is 0 Å². The molecule has 240 valence electrons. The molecule has 3 rings (SSSR count). The summed E-state index contributed by atoms with van der Waals surface area (Å²) in [6.45, 7) is 9.65. The van der Waals surface area contributed by atoms with Gasteiger partial charge in [0.15, 0.2) is 0 Å². The van der Waals surface area contributed by atoms with Gasteiger partial charge in [0.1, 0.15) is 0 Å². The predicted octanol–water partition coefficient (Wildman–Crippen LogP) is 4.67. The van der Waals surface area contributed by atoms with Crippen LogP contribution in [0.25, 0.3) is 5.57 Å². The van der Waals surface area contributed by atoms with Crippen molar-refractivity contribution in [2.24, 2.45) is 0 Å². The molecule has 8 nitrogen and oxygen atoms in total. The molecule has 0 N–H and O–H groups in total. The van der Waals surface area contributed by atoms with Gasteiger partial charge in [0.2, 0.25) is 0 Å². The normalized spacial score (nSPS) is 12.8. The molecule has 1 aliphatic rings. The summed E-state index contributed by atoms with van der Waals surface area (Å²) in [6.07, 6.45) is 6.52. The fourth-order valence-corrected chi connectivity index (χ4v) is 4.90. The summed E-state index contributed by atoms with van der Waals surface area (Å²) in [7, 11) is 3.85. The lowest BCUT2D eigenvalue weighted by atomic mass is 9.93. The van der Waals surface area contributed by atoms with Gasteiger partial charge in [0, 0.05) is 33.4 Å². The average Bonchev–Trinajstić information content (AvgIpc) is 3.19. The van der Waals surface area contributed by atoms with Crippen molar-refractivity contribution in [1.82, 2.24) is 4.90 Å². The van der Waals surface area contributed by atoms with Gasteiger partial charge in [-0.2, -0.15) is 0 Å². The Bertz CT molecular complexity index is 966. The molecule has 43 heavy (non-hydrogen) atoms. The van der Waals surface area contributed by atoms with Crippen LogP contribution < -0.4 is 0 Å². The highest BCUT2D eigenvalue weighted by molar-refractivity contribution is 5.83. The number of ether oxygens (including phenoxy) is 7. The largest absolute Gasteiger partial charge is 0.385 e. The van der Waals surface area contributed by atoms with Crippen LogP contribution in [0.15, 0.2) is 54.6 Å². The molecule has 0 radical (unpaired) electrons. The molecular weight excluding hydrogens is 546 g/mol. The van der Waals surface area contributed by atoms with E-state index in [-0.39, 0.29) is 0 Å². The third kappa shape index (κ3) is 14.9. The minimum Gasteiger partial charge on any atom is -0.385 e. The van der Waals surface area contributed by atoms with Crippen molar-refractivity contribution in [1.29, 1.82) is 0 Å². The first-order chi connectivity index (χ1) is 21.3. The van der Waals surface area contributed by atoms with Gasteiger partial charge in [-0.15, -0.1) is 0 Å². The highest BCUT2D eigenvalue weighted by Gasteiger charge is 2.17. The zero-order chi connectivity index (χ0) is 30.2. The van der Waals surface area contributed by atoms with Gasteiger partial charge in [0.25, 0.3) is 0 Å². The summed E-state index contributed by atoms with van der Waals surface area (Å²) in [4.78, 5) is 2.33. The van der Waals surface area contributed by atoms with Crippen molar-refractivity contribution in [3.63, 3.8) is 0 Å². The molecule has 0 amide bonds. The van der Waals surface area contributed by atoms with Crippen LogP contribution in [0.1, 0.15) is 35.1 Å². The van der Waals surface area contributed by atoms with Gasteiger partial charge in [-0.25, -0.2) is 0 Å². The Morgan fingerprint density at radius 2 is 1.00 bits per heavy atom. The molecule has 0 aliphatic heterocycles. The Hall–Kier alpha value is -2.14. The van der Waals surface area contributed by atoms with E-state index in [2.05, 4.69) is 66.6 Å². The Kier molecular flexibility index (Phi) is 19.1. The third-order valence-electron chi connectivity index (χ3n) is 7.25. The van der Waals surface area contributed by atoms with E-state index in [0.29, 0.717) is 79.3 Å². The Morgan fingerprint density at radius 3 is 1.49 bits per heavy atom. The predicted molar refractivity (Wildman–Crippen MR) is 171 cm³/mol. The summed E-state index contributed by atoms with van der Waals surface area (Å²) in [5.41, 5.74) is 7.02. The SMILES string of the molecule is COCCCOCCOCCOCCOCCOCCOCCN(C)CCC=C1c2ccccc2CCc2ccccc21. The van der Waals surface area contributed by atoms with E-state index >= 15 is 0 Å². The molecule has 8 heteroatoms. The second-order valence-corrected chi connectivity index (χ2v) is 10.5. The lowest BCUT2D eigenvalue weighted by Crippen LogP contribution is -2.24. The zero-order valence-corrected chi connectivity index (χ0v) is 26.4. The fourth-order valence-electron chi connectivity index (χ4n) is 4.90. The third-order valence-corrected chi connectivity index (χ3v) is 7.25. The summed E-state index contributed by atoms with van der Waals surface area (Å²) in [5, 5.41) is 0. The number of benzene rings is 2. The van der Waals surface area contributed by atoms with E-state index in [4.69, 9.17) is 33.2 Å². The lowest BCUT2D eigenvalue weighted by molar-refractivity contribution is -0.0178. The Morgan fingerprint density at radius 1 is 0.558 bits per heavy atom. The Labute approximate surface area is 259 Å². The topological polar surface area (TPSA) is 67.9 Å². The first kappa shape index (κ1) is 35.3. The molecule has 0 bridgehead atoms. The van der Waals surface area contributed by atoms with E-state index in [1.54, 1.807) is 7.11 Å². The molecule has 2 aromatic carbocycles. The number of nitrogens with zero attached hydrogens (tertiary/aromatic N) is 1. The van der Waals surface area contributed by atoms with Crippen LogP contribution in [-0.4, -0.2) is 118 Å². The van der Waals surface area contributed by atoms with E-state index < -0.39 is 0 Å². The maximum absolute atomic E-state index is 5.77. The highest BCUT2D eigenvalue weighted by Crippen LogP contribution is 2.33. The van der Waals surface area contributed by atoms with Gasteiger partial charge in [-0.3, -0.25) is 0 Å². The van der Waals surface area contributed by atoms with Gasteiger partial charge in [-0.1, -0.05) is 54.6 Å². The molecular formula is C35H53NO7. The van der Waals surface area contributed by atoms with Gasteiger partial charge in [0.05, 0.1) is 72.7 Å². The minimum absolute atomic E-state index is 0.546. The average molecular weight is 600 g/mol. The molecule has 2 aromatic rings. The quantitative estimate of drug-likeness (QED) is 0.153. The first-order valence-corrected chi connectivity index (χ1v) is 15.8.